The quantitative estimate of drug-likeness (QED) is 0.783. The summed E-state index contributed by atoms with van der Waals surface area (Å²) in [7, 11) is 1.79. The maximum atomic E-state index is 12.8. The van der Waals surface area contributed by atoms with Gasteiger partial charge in [-0.2, -0.15) is 13.2 Å². The highest BCUT2D eigenvalue weighted by Crippen LogP contribution is 2.51. The predicted octanol–water partition coefficient (Wildman–Crippen LogP) is 3.96. The van der Waals surface area contributed by atoms with Crippen molar-refractivity contribution < 1.29 is 13.2 Å². The smallest absolute Gasteiger partial charge is 0.324 e. The molecule has 0 unspecified atom stereocenters. The molecule has 0 saturated carbocycles. The summed E-state index contributed by atoms with van der Waals surface area (Å²) in [5.41, 5.74) is 0.941. The number of thioether (sulfide) groups is 1. The Kier molecular flexibility index (Phi) is 3.80. The largest absolute Gasteiger partial charge is 0.433 e. The standard InChI is InChI=1S/C13H13F3N4S2/c1-4-22-12-10(20(12)21-3)11-18-7-5-9(13(14,15)16)17-6-8(7)19(11)2/h5-6H,4H2,1-3H3. The fourth-order valence-corrected chi connectivity index (χ4v) is 3.97. The molecule has 3 heterocycles. The molecule has 0 amide bonds. The van der Waals surface area contributed by atoms with Gasteiger partial charge in [0.15, 0.2) is 5.82 Å². The molecule has 0 aliphatic carbocycles. The van der Waals surface area contributed by atoms with Crippen molar-refractivity contribution in [3.05, 3.63) is 28.8 Å². The molecule has 0 aromatic carbocycles. The number of nitrogens with zero attached hydrogens (tertiary/aromatic N) is 4. The van der Waals surface area contributed by atoms with E-state index in [0.717, 1.165) is 22.5 Å². The number of aromatic nitrogens is 3. The van der Waals surface area contributed by atoms with Crippen LogP contribution in [0, 0.1) is 0 Å². The molecule has 2 aromatic heterocycles. The molecule has 0 atom stereocenters. The fraction of sp³-hybridized carbons (Fsp3) is 0.385. The van der Waals surface area contributed by atoms with Gasteiger partial charge in [0.05, 0.1) is 17.2 Å². The van der Waals surface area contributed by atoms with E-state index < -0.39 is 11.9 Å². The molecule has 1 aliphatic rings. The highest BCUT2D eigenvalue weighted by atomic mass is 32.2. The summed E-state index contributed by atoms with van der Waals surface area (Å²) in [6.07, 6.45) is -1.28. The van der Waals surface area contributed by atoms with E-state index in [1.807, 2.05) is 10.6 Å². The van der Waals surface area contributed by atoms with E-state index in [1.54, 1.807) is 35.3 Å². The second-order valence-corrected chi connectivity index (χ2v) is 6.60. The first-order valence-corrected chi connectivity index (χ1v) is 8.66. The third-order valence-corrected chi connectivity index (χ3v) is 5.06. The van der Waals surface area contributed by atoms with Crippen molar-refractivity contribution in [3.8, 4) is 0 Å². The molecule has 22 heavy (non-hydrogen) atoms. The first kappa shape index (κ1) is 15.5. The molecule has 1 aliphatic heterocycles. The molecule has 0 bridgehead atoms. The highest BCUT2D eigenvalue weighted by molar-refractivity contribution is 8.05. The number of hydrogen-bond acceptors (Lipinski definition) is 5. The average molecular weight is 346 g/mol. The van der Waals surface area contributed by atoms with Crippen molar-refractivity contribution >= 4 is 40.4 Å². The van der Waals surface area contributed by atoms with Crippen LogP contribution in [0.4, 0.5) is 13.2 Å². The summed E-state index contributed by atoms with van der Waals surface area (Å²) < 4.78 is 42.1. The number of rotatable bonds is 4. The minimum absolute atomic E-state index is 0.307. The average Bonchev–Trinajstić information content (AvgIpc) is 3.05. The van der Waals surface area contributed by atoms with Gasteiger partial charge < -0.3 is 4.57 Å². The zero-order valence-corrected chi connectivity index (χ0v) is 13.7. The summed E-state index contributed by atoms with van der Waals surface area (Å²) >= 11 is 3.25. The van der Waals surface area contributed by atoms with Crippen molar-refractivity contribution in [1.29, 1.82) is 0 Å². The monoisotopic (exact) mass is 346 g/mol. The van der Waals surface area contributed by atoms with Gasteiger partial charge in [0, 0.05) is 13.3 Å². The summed E-state index contributed by atoms with van der Waals surface area (Å²) in [4.78, 5) is 7.88. The van der Waals surface area contributed by atoms with Gasteiger partial charge in [0.2, 0.25) is 0 Å². The van der Waals surface area contributed by atoms with E-state index >= 15 is 0 Å². The first-order chi connectivity index (χ1) is 10.4. The highest BCUT2D eigenvalue weighted by Gasteiger charge is 2.38. The van der Waals surface area contributed by atoms with E-state index in [1.165, 1.54) is 6.20 Å². The lowest BCUT2D eigenvalue weighted by atomic mass is 10.3. The summed E-state index contributed by atoms with van der Waals surface area (Å²) in [6, 6.07) is 0.998. The van der Waals surface area contributed by atoms with Crippen molar-refractivity contribution in [2.45, 2.75) is 13.1 Å². The van der Waals surface area contributed by atoms with Crippen LogP contribution in [0.3, 0.4) is 0 Å². The van der Waals surface area contributed by atoms with Crippen LogP contribution in [0.15, 0.2) is 17.3 Å². The molecule has 4 nitrogen and oxygen atoms in total. The fourth-order valence-electron chi connectivity index (χ4n) is 2.22. The number of aryl methyl sites for hydroxylation is 1. The third kappa shape index (κ3) is 2.45. The summed E-state index contributed by atoms with van der Waals surface area (Å²) in [5, 5.41) is 1.11. The Balaban J connectivity index is 2.07. The van der Waals surface area contributed by atoms with E-state index in [-0.39, 0.29) is 0 Å². The molecular weight excluding hydrogens is 333 g/mol. The third-order valence-electron chi connectivity index (χ3n) is 3.27. The number of pyridine rings is 1. The zero-order chi connectivity index (χ0) is 16.1. The van der Waals surface area contributed by atoms with Crippen LogP contribution in [0.2, 0.25) is 0 Å². The lowest BCUT2D eigenvalue weighted by Gasteiger charge is -2.04. The van der Waals surface area contributed by atoms with E-state index in [9.17, 15) is 13.2 Å². The summed E-state index contributed by atoms with van der Waals surface area (Å²) in [5.74, 6) is 1.60. The molecule has 0 radical (unpaired) electrons. The van der Waals surface area contributed by atoms with Gasteiger partial charge in [-0.05, 0) is 23.8 Å². The molecule has 3 rings (SSSR count). The molecule has 0 N–H and O–H groups in total. The Morgan fingerprint density at radius 2 is 2.05 bits per heavy atom. The Labute approximate surface area is 133 Å². The minimum Gasteiger partial charge on any atom is -0.324 e. The predicted molar refractivity (Wildman–Crippen MR) is 83.9 cm³/mol. The maximum absolute atomic E-state index is 12.8. The molecule has 0 spiro atoms. The van der Waals surface area contributed by atoms with Crippen LogP contribution in [-0.2, 0) is 13.2 Å². The lowest BCUT2D eigenvalue weighted by Crippen LogP contribution is -2.07. The Bertz CT molecular complexity index is 766. The topological polar surface area (TPSA) is 33.7 Å². The number of hydrogen-bond donors (Lipinski definition) is 0. The lowest BCUT2D eigenvalue weighted by molar-refractivity contribution is -0.141. The molecule has 2 aromatic rings. The maximum Gasteiger partial charge on any atom is 0.433 e. The van der Waals surface area contributed by atoms with Crippen molar-refractivity contribution in [2.24, 2.45) is 7.05 Å². The van der Waals surface area contributed by atoms with Crippen molar-refractivity contribution in [3.63, 3.8) is 0 Å². The Hall–Kier alpha value is -1.35. The van der Waals surface area contributed by atoms with Crippen LogP contribution in [-0.4, -0.2) is 30.8 Å². The molecule has 118 valence electrons. The van der Waals surface area contributed by atoms with Crippen LogP contribution < -0.4 is 0 Å². The van der Waals surface area contributed by atoms with Crippen molar-refractivity contribution in [1.82, 2.24) is 18.8 Å². The van der Waals surface area contributed by atoms with Gasteiger partial charge in [0.25, 0.3) is 0 Å². The minimum atomic E-state index is -4.46. The van der Waals surface area contributed by atoms with E-state index in [0.29, 0.717) is 16.9 Å². The van der Waals surface area contributed by atoms with Gasteiger partial charge in [-0.1, -0.05) is 6.92 Å². The van der Waals surface area contributed by atoms with Crippen LogP contribution in [0.5, 0.6) is 0 Å². The normalized spacial score (nSPS) is 15.1. The SMILES string of the molecule is CCSC1=C(c2nc3cc(C(F)(F)F)ncc3n2C)N1SC. The molecule has 9 heteroatoms. The van der Waals surface area contributed by atoms with Crippen molar-refractivity contribution in [2.75, 3.05) is 12.0 Å². The molecule has 0 saturated heterocycles. The van der Waals surface area contributed by atoms with E-state index in [2.05, 4.69) is 16.9 Å². The Morgan fingerprint density at radius 3 is 2.64 bits per heavy atom. The molecule has 0 fully saturated rings. The van der Waals surface area contributed by atoms with Gasteiger partial charge in [-0.25, -0.2) is 9.97 Å². The summed E-state index contributed by atoms with van der Waals surface area (Å²) in [6.45, 7) is 2.06. The van der Waals surface area contributed by atoms with Gasteiger partial charge in [0.1, 0.15) is 16.4 Å². The Morgan fingerprint density at radius 1 is 1.32 bits per heavy atom. The van der Waals surface area contributed by atoms with Gasteiger partial charge >= 0.3 is 6.18 Å². The number of fused-ring (bicyclic) bond motifs is 1. The van der Waals surface area contributed by atoms with Gasteiger partial charge in [-0.3, -0.25) is 4.31 Å². The number of halogens is 3. The second kappa shape index (κ2) is 5.38. The second-order valence-electron chi connectivity index (χ2n) is 4.61. The van der Waals surface area contributed by atoms with Crippen LogP contribution in [0.1, 0.15) is 18.4 Å². The number of imidazole rings is 1. The molecular formula is C13H13F3N4S2. The van der Waals surface area contributed by atoms with E-state index in [4.69, 9.17) is 0 Å². The first-order valence-electron chi connectivity index (χ1n) is 6.49. The zero-order valence-electron chi connectivity index (χ0n) is 12.1. The van der Waals surface area contributed by atoms with Crippen LogP contribution in [0.25, 0.3) is 16.7 Å². The number of alkyl halides is 3. The van der Waals surface area contributed by atoms with Crippen LogP contribution >= 0.6 is 23.7 Å². The van der Waals surface area contributed by atoms with Gasteiger partial charge in [-0.15, -0.1) is 11.8 Å².